The monoisotopic (exact) mass is 182 g/mol. The van der Waals surface area contributed by atoms with E-state index in [-0.39, 0.29) is 6.04 Å². The molecular formula is C10H18N2O. The standard InChI is InChI=1S/C10H18N2O/c1-8-5-7-11(2)10(13)9-4-3-6-12(8)9/h8-9H,3-7H2,1-2H3/t8?,9-/m0/s1. The number of amides is 1. The molecule has 2 aliphatic heterocycles. The van der Waals surface area contributed by atoms with Gasteiger partial charge in [0.05, 0.1) is 6.04 Å². The Hall–Kier alpha value is -0.570. The molecule has 1 amide bonds. The van der Waals surface area contributed by atoms with Crippen LogP contribution in [0.1, 0.15) is 26.2 Å². The largest absolute Gasteiger partial charge is 0.344 e. The van der Waals surface area contributed by atoms with Gasteiger partial charge < -0.3 is 4.90 Å². The van der Waals surface area contributed by atoms with E-state index in [0.717, 1.165) is 25.9 Å². The van der Waals surface area contributed by atoms with Crippen molar-refractivity contribution in [2.24, 2.45) is 0 Å². The number of rotatable bonds is 0. The van der Waals surface area contributed by atoms with Crippen molar-refractivity contribution in [2.75, 3.05) is 20.1 Å². The minimum atomic E-state index is 0.197. The fraction of sp³-hybridized carbons (Fsp3) is 0.900. The minimum Gasteiger partial charge on any atom is -0.344 e. The summed E-state index contributed by atoms with van der Waals surface area (Å²) in [4.78, 5) is 16.1. The maximum Gasteiger partial charge on any atom is 0.239 e. The van der Waals surface area contributed by atoms with Crippen LogP contribution in [0.25, 0.3) is 0 Å². The number of nitrogens with zero attached hydrogens (tertiary/aromatic N) is 2. The van der Waals surface area contributed by atoms with Gasteiger partial charge in [-0.3, -0.25) is 9.69 Å². The minimum absolute atomic E-state index is 0.197. The Morgan fingerprint density at radius 3 is 2.85 bits per heavy atom. The zero-order chi connectivity index (χ0) is 9.42. The lowest BCUT2D eigenvalue weighted by atomic mass is 10.2. The number of carbonyl (C=O) groups is 1. The van der Waals surface area contributed by atoms with Crippen LogP contribution < -0.4 is 0 Å². The third kappa shape index (κ3) is 1.46. The molecule has 0 aromatic heterocycles. The van der Waals surface area contributed by atoms with Crippen LogP contribution in [-0.2, 0) is 4.79 Å². The number of hydrogen-bond acceptors (Lipinski definition) is 2. The molecule has 0 bridgehead atoms. The molecule has 2 rings (SSSR count). The first-order chi connectivity index (χ1) is 6.20. The lowest BCUT2D eigenvalue weighted by molar-refractivity contribution is -0.133. The molecule has 3 heteroatoms. The smallest absolute Gasteiger partial charge is 0.239 e. The zero-order valence-electron chi connectivity index (χ0n) is 8.49. The van der Waals surface area contributed by atoms with Crippen molar-refractivity contribution in [1.29, 1.82) is 0 Å². The molecule has 1 unspecified atom stereocenters. The average Bonchev–Trinajstić information content (AvgIpc) is 2.57. The van der Waals surface area contributed by atoms with Gasteiger partial charge in [0.25, 0.3) is 0 Å². The second-order valence-corrected chi connectivity index (χ2v) is 4.29. The summed E-state index contributed by atoms with van der Waals surface area (Å²) < 4.78 is 0. The molecule has 0 aromatic rings. The highest BCUT2D eigenvalue weighted by Crippen LogP contribution is 2.25. The first-order valence-corrected chi connectivity index (χ1v) is 5.21. The first kappa shape index (κ1) is 9.00. The maximum absolute atomic E-state index is 11.9. The summed E-state index contributed by atoms with van der Waals surface area (Å²) in [5.41, 5.74) is 0. The van der Waals surface area contributed by atoms with E-state index >= 15 is 0 Å². The van der Waals surface area contributed by atoms with Crippen LogP contribution in [0.2, 0.25) is 0 Å². The van der Waals surface area contributed by atoms with Gasteiger partial charge in [-0.1, -0.05) is 0 Å². The van der Waals surface area contributed by atoms with Crippen LogP contribution in [0.15, 0.2) is 0 Å². The highest BCUT2D eigenvalue weighted by Gasteiger charge is 2.37. The molecule has 3 nitrogen and oxygen atoms in total. The van der Waals surface area contributed by atoms with Gasteiger partial charge in [0.2, 0.25) is 5.91 Å². The summed E-state index contributed by atoms with van der Waals surface area (Å²) in [6.07, 6.45) is 3.38. The van der Waals surface area contributed by atoms with E-state index in [1.54, 1.807) is 0 Å². The molecule has 0 spiro atoms. The molecule has 0 N–H and O–H groups in total. The van der Waals surface area contributed by atoms with E-state index in [4.69, 9.17) is 0 Å². The number of likely N-dealkylation sites (N-methyl/N-ethyl adjacent to an activating group) is 1. The van der Waals surface area contributed by atoms with Crippen LogP contribution in [0, 0.1) is 0 Å². The molecule has 0 aliphatic carbocycles. The van der Waals surface area contributed by atoms with Crippen LogP contribution in [0.3, 0.4) is 0 Å². The molecule has 2 heterocycles. The van der Waals surface area contributed by atoms with Gasteiger partial charge in [-0.2, -0.15) is 0 Å². The molecule has 2 aliphatic rings. The number of carbonyl (C=O) groups excluding carboxylic acids is 1. The highest BCUT2D eigenvalue weighted by atomic mass is 16.2. The van der Waals surface area contributed by atoms with E-state index < -0.39 is 0 Å². The molecule has 2 saturated heterocycles. The SMILES string of the molecule is CC1CCN(C)C(=O)[C@@H]2CCCN12. The topological polar surface area (TPSA) is 23.6 Å². The summed E-state index contributed by atoms with van der Waals surface area (Å²) in [7, 11) is 1.93. The van der Waals surface area contributed by atoms with E-state index in [1.165, 1.54) is 6.42 Å². The third-order valence-corrected chi connectivity index (χ3v) is 3.40. The Balaban J connectivity index is 2.19. The highest BCUT2D eigenvalue weighted by molar-refractivity contribution is 5.82. The molecule has 0 aromatic carbocycles. The predicted octanol–water partition coefficient (Wildman–Crippen LogP) is 0.701. The van der Waals surface area contributed by atoms with Gasteiger partial charge in [-0.15, -0.1) is 0 Å². The fourth-order valence-corrected chi connectivity index (χ4v) is 2.49. The molecule has 0 saturated carbocycles. The summed E-state index contributed by atoms with van der Waals surface area (Å²) in [6.45, 7) is 4.28. The summed E-state index contributed by atoms with van der Waals surface area (Å²) in [5.74, 6) is 0.335. The number of hydrogen-bond donors (Lipinski definition) is 0. The molecule has 74 valence electrons. The zero-order valence-corrected chi connectivity index (χ0v) is 8.49. The third-order valence-electron chi connectivity index (χ3n) is 3.40. The van der Waals surface area contributed by atoms with E-state index in [9.17, 15) is 4.79 Å². The lowest BCUT2D eigenvalue weighted by Gasteiger charge is -2.26. The van der Waals surface area contributed by atoms with Crippen molar-refractivity contribution in [2.45, 2.75) is 38.3 Å². The Kier molecular flexibility index (Phi) is 2.28. The average molecular weight is 182 g/mol. The van der Waals surface area contributed by atoms with Crippen molar-refractivity contribution in [1.82, 2.24) is 9.80 Å². The van der Waals surface area contributed by atoms with Crippen molar-refractivity contribution >= 4 is 5.91 Å². The molecule has 0 radical (unpaired) electrons. The second kappa shape index (κ2) is 3.29. The van der Waals surface area contributed by atoms with Gasteiger partial charge in [-0.05, 0) is 32.7 Å². The molecule has 2 fully saturated rings. The van der Waals surface area contributed by atoms with Crippen LogP contribution >= 0.6 is 0 Å². The van der Waals surface area contributed by atoms with Crippen LogP contribution in [0.5, 0.6) is 0 Å². The predicted molar refractivity (Wildman–Crippen MR) is 51.4 cm³/mol. The molecular weight excluding hydrogens is 164 g/mol. The molecule has 2 atom stereocenters. The van der Waals surface area contributed by atoms with Gasteiger partial charge in [0.15, 0.2) is 0 Å². The quantitative estimate of drug-likeness (QED) is 0.550. The van der Waals surface area contributed by atoms with Gasteiger partial charge in [-0.25, -0.2) is 0 Å². The Bertz CT molecular complexity index is 217. The summed E-state index contributed by atoms with van der Waals surface area (Å²) in [5, 5.41) is 0. The van der Waals surface area contributed by atoms with Crippen molar-refractivity contribution < 1.29 is 4.79 Å². The summed E-state index contributed by atoms with van der Waals surface area (Å²) >= 11 is 0. The maximum atomic E-state index is 11.9. The van der Waals surface area contributed by atoms with Crippen molar-refractivity contribution in [3.05, 3.63) is 0 Å². The van der Waals surface area contributed by atoms with Crippen molar-refractivity contribution in [3.8, 4) is 0 Å². The second-order valence-electron chi connectivity index (χ2n) is 4.29. The van der Waals surface area contributed by atoms with Crippen molar-refractivity contribution in [3.63, 3.8) is 0 Å². The fourth-order valence-electron chi connectivity index (χ4n) is 2.49. The van der Waals surface area contributed by atoms with Crippen LogP contribution in [0.4, 0.5) is 0 Å². The van der Waals surface area contributed by atoms with Gasteiger partial charge in [0, 0.05) is 19.6 Å². The molecule has 13 heavy (non-hydrogen) atoms. The Morgan fingerprint density at radius 2 is 2.08 bits per heavy atom. The Morgan fingerprint density at radius 1 is 1.31 bits per heavy atom. The van der Waals surface area contributed by atoms with E-state index in [1.807, 2.05) is 11.9 Å². The van der Waals surface area contributed by atoms with Crippen LogP contribution in [-0.4, -0.2) is 47.9 Å². The van der Waals surface area contributed by atoms with E-state index in [2.05, 4.69) is 11.8 Å². The summed E-state index contributed by atoms with van der Waals surface area (Å²) in [6, 6.07) is 0.781. The number of fused-ring (bicyclic) bond motifs is 1. The van der Waals surface area contributed by atoms with Gasteiger partial charge >= 0.3 is 0 Å². The Labute approximate surface area is 79.7 Å². The lowest BCUT2D eigenvalue weighted by Crippen LogP contribution is -2.43. The first-order valence-electron chi connectivity index (χ1n) is 5.21. The van der Waals surface area contributed by atoms with Gasteiger partial charge in [0.1, 0.15) is 0 Å². The normalized spacial score (nSPS) is 36.2. The van der Waals surface area contributed by atoms with E-state index in [0.29, 0.717) is 11.9 Å².